The molecule has 2 rings (SSSR count). The summed E-state index contributed by atoms with van der Waals surface area (Å²) >= 11 is 5.99. The van der Waals surface area contributed by atoms with Gasteiger partial charge in [0.1, 0.15) is 12.3 Å². The van der Waals surface area contributed by atoms with Crippen LogP contribution in [0.4, 0.5) is 5.69 Å². The number of carbonyl (C=O) groups is 2. The molecular weight excluding hydrogens is 348 g/mol. The number of hydrogen-bond acceptors (Lipinski definition) is 5. The van der Waals surface area contributed by atoms with E-state index in [2.05, 4.69) is 5.32 Å². The van der Waals surface area contributed by atoms with Crippen molar-refractivity contribution < 1.29 is 19.1 Å². The Hall–Kier alpha value is -2.80. The van der Waals surface area contributed by atoms with Crippen molar-refractivity contribution in [2.45, 2.75) is 19.6 Å². The van der Waals surface area contributed by atoms with Crippen molar-refractivity contribution in [2.24, 2.45) is 0 Å². The Kier molecular flexibility index (Phi) is 6.19. The van der Waals surface area contributed by atoms with Crippen LogP contribution in [0.2, 0.25) is 5.02 Å². The van der Waals surface area contributed by atoms with Crippen molar-refractivity contribution in [3.05, 3.63) is 58.0 Å². The summed E-state index contributed by atoms with van der Waals surface area (Å²) in [5.41, 5.74) is 0.113. The Morgan fingerprint density at radius 2 is 2.04 bits per heavy atom. The van der Waals surface area contributed by atoms with E-state index in [-0.39, 0.29) is 12.1 Å². The van der Waals surface area contributed by atoms with Crippen LogP contribution >= 0.6 is 11.6 Å². The molecule has 1 amide bonds. The number of halogens is 1. The first kappa shape index (κ1) is 18.5. The summed E-state index contributed by atoms with van der Waals surface area (Å²) in [6.45, 7) is 1.16. The fourth-order valence-electron chi connectivity index (χ4n) is 2.01. The molecule has 0 radical (unpaired) electrons. The Bertz CT molecular complexity index is 834. The van der Waals surface area contributed by atoms with E-state index in [0.29, 0.717) is 16.5 Å². The second-order valence-corrected chi connectivity index (χ2v) is 5.54. The van der Waals surface area contributed by atoms with Crippen LogP contribution in [0, 0.1) is 0 Å². The van der Waals surface area contributed by atoms with Gasteiger partial charge in [0, 0.05) is 18.0 Å². The lowest BCUT2D eigenvalue weighted by molar-refractivity contribution is -0.153. The van der Waals surface area contributed by atoms with Crippen molar-refractivity contribution in [3.8, 4) is 5.75 Å². The fourth-order valence-corrected chi connectivity index (χ4v) is 2.26. The van der Waals surface area contributed by atoms with Crippen LogP contribution in [-0.2, 0) is 20.9 Å². The maximum Gasteiger partial charge on any atom is 0.326 e. The molecule has 132 valence electrons. The van der Waals surface area contributed by atoms with Crippen molar-refractivity contribution >= 4 is 29.2 Å². The fraction of sp³-hybridized carbons (Fsp3) is 0.235. The molecule has 0 aliphatic rings. The van der Waals surface area contributed by atoms with Crippen molar-refractivity contribution in [2.75, 3.05) is 12.4 Å². The standard InChI is InChI=1S/C17H17ClN2O5/c1-11(25-16(22)10-20-8-4-3-5-15(20)21)17(23)19-12-6-7-14(24-2)13(18)9-12/h3-9,11H,10H2,1-2H3,(H,19,23)/t11-/m1/s1. The van der Waals surface area contributed by atoms with Crippen LogP contribution < -0.4 is 15.6 Å². The molecule has 8 heteroatoms. The average molecular weight is 365 g/mol. The first-order chi connectivity index (χ1) is 11.9. The zero-order valence-corrected chi connectivity index (χ0v) is 14.4. The molecular formula is C17H17ClN2O5. The van der Waals surface area contributed by atoms with Crippen molar-refractivity contribution in [1.29, 1.82) is 0 Å². The average Bonchev–Trinajstić information content (AvgIpc) is 2.57. The van der Waals surface area contributed by atoms with Gasteiger partial charge in [0.05, 0.1) is 12.1 Å². The maximum absolute atomic E-state index is 12.1. The van der Waals surface area contributed by atoms with E-state index in [0.717, 1.165) is 0 Å². The quantitative estimate of drug-likeness (QED) is 0.793. The SMILES string of the molecule is COc1ccc(NC(=O)[C@@H](C)OC(=O)Cn2ccccc2=O)cc1Cl. The van der Waals surface area contributed by atoms with Gasteiger partial charge in [0.15, 0.2) is 6.10 Å². The zero-order valence-electron chi connectivity index (χ0n) is 13.7. The number of amides is 1. The summed E-state index contributed by atoms with van der Waals surface area (Å²) in [6, 6.07) is 9.27. The highest BCUT2D eigenvalue weighted by molar-refractivity contribution is 6.32. The number of pyridine rings is 1. The van der Waals surface area contributed by atoms with Crippen molar-refractivity contribution in [1.82, 2.24) is 4.57 Å². The highest BCUT2D eigenvalue weighted by Gasteiger charge is 2.18. The largest absolute Gasteiger partial charge is 0.495 e. The third-order valence-electron chi connectivity index (χ3n) is 3.30. The second kappa shape index (κ2) is 8.34. The van der Waals surface area contributed by atoms with E-state index < -0.39 is 18.0 Å². The summed E-state index contributed by atoms with van der Waals surface area (Å²) in [4.78, 5) is 35.5. The molecule has 0 saturated heterocycles. The molecule has 1 atom stereocenters. The Balaban J connectivity index is 1.93. The first-order valence-electron chi connectivity index (χ1n) is 7.40. The lowest BCUT2D eigenvalue weighted by Crippen LogP contribution is -2.32. The van der Waals surface area contributed by atoms with Gasteiger partial charge in [0.2, 0.25) is 0 Å². The van der Waals surface area contributed by atoms with Gasteiger partial charge in [-0.1, -0.05) is 17.7 Å². The van der Waals surface area contributed by atoms with Gasteiger partial charge >= 0.3 is 5.97 Å². The summed E-state index contributed by atoms with van der Waals surface area (Å²) in [6.07, 6.45) is 0.432. The number of benzene rings is 1. The predicted octanol–water partition coefficient (Wildman–Crippen LogP) is 2.08. The molecule has 0 bridgehead atoms. The van der Waals surface area contributed by atoms with E-state index in [1.165, 1.54) is 36.9 Å². The molecule has 1 aromatic heterocycles. The third kappa shape index (κ3) is 5.09. The van der Waals surface area contributed by atoms with E-state index in [9.17, 15) is 14.4 Å². The van der Waals surface area contributed by atoms with Crippen LogP contribution in [0.5, 0.6) is 5.75 Å². The lowest BCUT2D eigenvalue weighted by Gasteiger charge is -2.14. The monoisotopic (exact) mass is 364 g/mol. The summed E-state index contributed by atoms with van der Waals surface area (Å²) in [7, 11) is 1.49. The summed E-state index contributed by atoms with van der Waals surface area (Å²) < 4.78 is 11.3. The lowest BCUT2D eigenvalue weighted by atomic mass is 10.3. The molecule has 25 heavy (non-hydrogen) atoms. The molecule has 0 spiro atoms. The van der Waals surface area contributed by atoms with E-state index in [4.69, 9.17) is 21.1 Å². The molecule has 7 nitrogen and oxygen atoms in total. The first-order valence-corrected chi connectivity index (χ1v) is 7.78. The van der Waals surface area contributed by atoms with Gasteiger partial charge in [-0.15, -0.1) is 0 Å². The smallest absolute Gasteiger partial charge is 0.326 e. The number of nitrogens with zero attached hydrogens (tertiary/aromatic N) is 1. The molecule has 1 N–H and O–H groups in total. The van der Waals surface area contributed by atoms with Crippen LogP contribution in [0.1, 0.15) is 6.92 Å². The molecule has 1 heterocycles. The summed E-state index contributed by atoms with van der Waals surface area (Å²) in [5, 5.41) is 2.93. The van der Waals surface area contributed by atoms with Crippen LogP contribution in [0.25, 0.3) is 0 Å². The minimum absolute atomic E-state index is 0.272. The van der Waals surface area contributed by atoms with Gasteiger partial charge in [0.25, 0.3) is 11.5 Å². The van der Waals surface area contributed by atoms with E-state index >= 15 is 0 Å². The minimum Gasteiger partial charge on any atom is -0.495 e. The minimum atomic E-state index is -1.03. The van der Waals surface area contributed by atoms with E-state index in [1.807, 2.05) is 0 Å². The van der Waals surface area contributed by atoms with Crippen molar-refractivity contribution in [3.63, 3.8) is 0 Å². The number of hydrogen-bond donors (Lipinski definition) is 1. The predicted molar refractivity (Wildman–Crippen MR) is 92.9 cm³/mol. The Labute approximate surface area is 149 Å². The second-order valence-electron chi connectivity index (χ2n) is 5.14. The zero-order chi connectivity index (χ0) is 18.4. The normalized spacial score (nSPS) is 11.5. The number of rotatable bonds is 6. The molecule has 1 aromatic carbocycles. The van der Waals surface area contributed by atoms with Gasteiger partial charge in [-0.05, 0) is 31.2 Å². The molecule has 0 aliphatic heterocycles. The van der Waals surface area contributed by atoms with Gasteiger partial charge in [-0.2, -0.15) is 0 Å². The maximum atomic E-state index is 12.1. The molecule has 0 aliphatic carbocycles. The number of nitrogens with one attached hydrogen (secondary N) is 1. The third-order valence-corrected chi connectivity index (χ3v) is 3.59. The van der Waals surface area contributed by atoms with Gasteiger partial charge in [-0.25, -0.2) is 0 Å². The topological polar surface area (TPSA) is 86.6 Å². The molecule has 0 fully saturated rings. The molecule has 0 saturated carbocycles. The van der Waals surface area contributed by atoms with E-state index in [1.54, 1.807) is 24.3 Å². The number of carbonyl (C=O) groups excluding carboxylic acids is 2. The number of aromatic nitrogens is 1. The van der Waals surface area contributed by atoms with Gasteiger partial charge < -0.3 is 19.4 Å². The van der Waals surface area contributed by atoms with Crippen LogP contribution in [0.3, 0.4) is 0 Å². The van der Waals surface area contributed by atoms with Crippen LogP contribution in [0.15, 0.2) is 47.4 Å². The summed E-state index contributed by atoms with van der Waals surface area (Å²) in [5.74, 6) is -0.730. The van der Waals surface area contributed by atoms with Crippen LogP contribution in [-0.4, -0.2) is 29.7 Å². The highest BCUT2D eigenvalue weighted by atomic mass is 35.5. The number of ether oxygens (including phenoxy) is 2. The molecule has 0 unspecified atom stereocenters. The number of anilines is 1. The van der Waals surface area contributed by atoms with Gasteiger partial charge in [-0.3, -0.25) is 14.4 Å². The number of esters is 1. The number of methoxy groups -OCH3 is 1. The molecule has 2 aromatic rings. The highest BCUT2D eigenvalue weighted by Crippen LogP contribution is 2.27. The Morgan fingerprint density at radius 3 is 2.68 bits per heavy atom. The Morgan fingerprint density at radius 1 is 1.28 bits per heavy atom.